The minimum absolute atomic E-state index is 0.368. The number of carbonyl (C=O) groups excluding carboxylic acids is 1. The fourth-order valence-corrected chi connectivity index (χ4v) is 2.77. The first-order valence-electron chi connectivity index (χ1n) is 9.70. The highest BCUT2D eigenvalue weighted by molar-refractivity contribution is 5.99. The number of para-hydroxylation sites is 1. The van der Waals surface area contributed by atoms with Gasteiger partial charge >= 0.3 is 0 Å². The molecule has 154 valence electrons. The van der Waals surface area contributed by atoms with Crippen molar-refractivity contribution in [1.29, 1.82) is 0 Å². The Kier molecular flexibility index (Phi) is 7.05. The molecule has 3 rings (SSSR count). The second kappa shape index (κ2) is 10.1. The van der Waals surface area contributed by atoms with Gasteiger partial charge < -0.3 is 15.2 Å². The summed E-state index contributed by atoms with van der Waals surface area (Å²) < 4.78 is 11.6. The number of hydrazone groups is 1. The fraction of sp³-hybridized carbons (Fsp3) is 0.167. The largest absolute Gasteiger partial charge is 0.490 e. The van der Waals surface area contributed by atoms with Crippen LogP contribution in [0.3, 0.4) is 0 Å². The van der Waals surface area contributed by atoms with E-state index in [1.54, 1.807) is 30.5 Å². The average molecular weight is 403 g/mol. The fourth-order valence-electron chi connectivity index (χ4n) is 2.77. The maximum absolute atomic E-state index is 12.2. The van der Waals surface area contributed by atoms with Crippen LogP contribution < -0.4 is 20.6 Å². The van der Waals surface area contributed by atoms with Gasteiger partial charge in [-0.3, -0.25) is 4.79 Å². The molecule has 0 spiro atoms. The minimum Gasteiger partial charge on any atom is -0.490 e. The normalized spacial score (nSPS) is 10.7. The molecule has 0 aromatic heterocycles. The molecule has 0 aliphatic rings. The van der Waals surface area contributed by atoms with Gasteiger partial charge in [0.1, 0.15) is 6.61 Å². The summed E-state index contributed by atoms with van der Waals surface area (Å²) in [6.45, 7) is 4.91. The van der Waals surface area contributed by atoms with E-state index < -0.39 is 0 Å². The van der Waals surface area contributed by atoms with E-state index in [2.05, 4.69) is 29.6 Å². The zero-order valence-corrected chi connectivity index (χ0v) is 17.1. The summed E-state index contributed by atoms with van der Waals surface area (Å²) in [5.41, 5.74) is 12.1. The highest BCUT2D eigenvalue weighted by Gasteiger charge is 2.08. The molecule has 1 amide bonds. The van der Waals surface area contributed by atoms with Gasteiger partial charge in [0.2, 0.25) is 0 Å². The maximum atomic E-state index is 12.2. The summed E-state index contributed by atoms with van der Waals surface area (Å²) in [6, 6.07) is 20.5. The van der Waals surface area contributed by atoms with Crippen molar-refractivity contribution in [2.24, 2.45) is 5.10 Å². The molecule has 0 unspecified atom stereocenters. The number of amides is 1. The molecule has 0 bridgehead atoms. The van der Waals surface area contributed by atoms with E-state index in [9.17, 15) is 4.79 Å². The average Bonchev–Trinajstić information content (AvgIpc) is 2.75. The van der Waals surface area contributed by atoms with Crippen LogP contribution in [-0.4, -0.2) is 18.7 Å². The van der Waals surface area contributed by atoms with Crippen LogP contribution in [0.5, 0.6) is 11.5 Å². The third-order valence-electron chi connectivity index (χ3n) is 4.37. The molecule has 3 aromatic rings. The quantitative estimate of drug-likeness (QED) is 0.333. The number of nitrogens with two attached hydrogens (primary N) is 1. The number of benzene rings is 3. The number of ether oxygens (including phenoxy) is 2. The summed E-state index contributed by atoms with van der Waals surface area (Å²) in [5.74, 6) is 0.898. The van der Waals surface area contributed by atoms with Crippen molar-refractivity contribution in [3.05, 3.63) is 89.0 Å². The van der Waals surface area contributed by atoms with Crippen LogP contribution in [0.2, 0.25) is 0 Å². The lowest BCUT2D eigenvalue weighted by molar-refractivity contribution is 0.0956. The van der Waals surface area contributed by atoms with Crippen LogP contribution in [-0.2, 0) is 6.61 Å². The van der Waals surface area contributed by atoms with E-state index in [1.165, 1.54) is 5.56 Å². The molecule has 0 saturated carbocycles. The molecule has 0 radical (unpaired) electrons. The minimum atomic E-state index is -0.368. The number of rotatable bonds is 8. The number of hydrogen-bond acceptors (Lipinski definition) is 5. The molecular formula is C24H25N3O3. The number of carbonyl (C=O) groups is 1. The van der Waals surface area contributed by atoms with Crippen LogP contribution in [0, 0.1) is 6.92 Å². The lowest BCUT2D eigenvalue weighted by Crippen LogP contribution is -2.19. The molecule has 6 heteroatoms. The van der Waals surface area contributed by atoms with Gasteiger partial charge in [-0.1, -0.05) is 42.0 Å². The molecule has 0 heterocycles. The zero-order chi connectivity index (χ0) is 21.3. The van der Waals surface area contributed by atoms with Crippen molar-refractivity contribution in [3.8, 4) is 11.5 Å². The van der Waals surface area contributed by atoms with E-state index >= 15 is 0 Å². The monoisotopic (exact) mass is 403 g/mol. The Morgan fingerprint density at radius 2 is 1.80 bits per heavy atom. The first kappa shape index (κ1) is 20.9. The Morgan fingerprint density at radius 3 is 2.53 bits per heavy atom. The number of anilines is 1. The summed E-state index contributed by atoms with van der Waals surface area (Å²) in [4.78, 5) is 12.2. The van der Waals surface area contributed by atoms with Crippen molar-refractivity contribution in [3.63, 3.8) is 0 Å². The third-order valence-corrected chi connectivity index (χ3v) is 4.37. The van der Waals surface area contributed by atoms with Crippen LogP contribution in [0.4, 0.5) is 5.69 Å². The van der Waals surface area contributed by atoms with Crippen LogP contribution in [0.15, 0.2) is 71.8 Å². The zero-order valence-electron chi connectivity index (χ0n) is 17.1. The van der Waals surface area contributed by atoms with Gasteiger partial charge in [0.25, 0.3) is 5.91 Å². The highest BCUT2D eigenvalue weighted by atomic mass is 16.5. The molecular weight excluding hydrogens is 378 g/mol. The van der Waals surface area contributed by atoms with Crippen molar-refractivity contribution < 1.29 is 14.3 Å². The second-order valence-electron chi connectivity index (χ2n) is 6.70. The van der Waals surface area contributed by atoms with Crippen LogP contribution in [0.1, 0.15) is 34.0 Å². The van der Waals surface area contributed by atoms with Gasteiger partial charge in [-0.2, -0.15) is 5.10 Å². The van der Waals surface area contributed by atoms with E-state index in [0.29, 0.717) is 36.0 Å². The predicted molar refractivity (Wildman–Crippen MR) is 119 cm³/mol. The lowest BCUT2D eigenvalue weighted by atomic mass is 10.1. The molecule has 3 aromatic carbocycles. The molecule has 30 heavy (non-hydrogen) atoms. The number of nitrogens with one attached hydrogen (secondary N) is 1. The Bertz CT molecular complexity index is 1030. The maximum Gasteiger partial charge on any atom is 0.273 e. The molecule has 3 N–H and O–H groups in total. The Morgan fingerprint density at radius 1 is 1.03 bits per heavy atom. The van der Waals surface area contributed by atoms with E-state index in [-0.39, 0.29) is 5.91 Å². The molecule has 0 atom stereocenters. The number of hydrogen-bond donors (Lipinski definition) is 2. The Hall–Kier alpha value is -3.80. The summed E-state index contributed by atoms with van der Waals surface area (Å²) in [5, 5.41) is 4.02. The standard InChI is InChI=1S/C24H25N3O3/c1-3-29-23-14-19(15-26-27-24(28)20-6-4-5-7-21(20)25)12-13-22(23)30-16-18-10-8-17(2)9-11-18/h4-15H,3,16,25H2,1-2H3,(H,27,28)/b26-15+. The van der Waals surface area contributed by atoms with Gasteiger partial charge in [0.15, 0.2) is 11.5 Å². The van der Waals surface area contributed by atoms with E-state index in [4.69, 9.17) is 15.2 Å². The first-order valence-corrected chi connectivity index (χ1v) is 9.70. The number of nitrogens with zero attached hydrogens (tertiary/aromatic N) is 1. The van der Waals surface area contributed by atoms with Gasteiger partial charge in [-0.15, -0.1) is 0 Å². The third kappa shape index (κ3) is 5.61. The summed E-state index contributed by atoms with van der Waals surface area (Å²) in [7, 11) is 0. The Labute approximate surface area is 176 Å². The van der Waals surface area contributed by atoms with Crippen LogP contribution >= 0.6 is 0 Å². The van der Waals surface area contributed by atoms with Gasteiger partial charge in [0, 0.05) is 5.69 Å². The lowest BCUT2D eigenvalue weighted by Gasteiger charge is -2.13. The first-order chi connectivity index (χ1) is 14.6. The molecule has 0 fully saturated rings. The highest BCUT2D eigenvalue weighted by Crippen LogP contribution is 2.29. The topological polar surface area (TPSA) is 85.9 Å². The SMILES string of the molecule is CCOc1cc(/C=N/NC(=O)c2ccccc2N)ccc1OCc1ccc(C)cc1. The van der Waals surface area contributed by atoms with E-state index in [0.717, 1.165) is 11.1 Å². The second-order valence-corrected chi connectivity index (χ2v) is 6.70. The summed E-state index contributed by atoms with van der Waals surface area (Å²) in [6.07, 6.45) is 1.54. The number of aryl methyl sites for hydroxylation is 1. The van der Waals surface area contributed by atoms with Crippen molar-refractivity contribution in [2.45, 2.75) is 20.5 Å². The molecule has 0 aliphatic heterocycles. The predicted octanol–water partition coefficient (Wildman–Crippen LogP) is 4.32. The Balaban J connectivity index is 1.66. The summed E-state index contributed by atoms with van der Waals surface area (Å²) >= 11 is 0. The van der Waals surface area contributed by atoms with Gasteiger partial charge in [-0.05, 0) is 55.3 Å². The molecule has 6 nitrogen and oxygen atoms in total. The molecule has 0 saturated heterocycles. The van der Waals surface area contributed by atoms with Crippen molar-refractivity contribution in [2.75, 3.05) is 12.3 Å². The van der Waals surface area contributed by atoms with Crippen molar-refractivity contribution >= 4 is 17.8 Å². The van der Waals surface area contributed by atoms with Crippen LogP contribution in [0.25, 0.3) is 0 Å². The van der Waals surface area contributed by atoms with E-state index in [1.807, 2.05) is 37.3 Å². The number of nitrogen functional groups attached to an aromatic ring is 1. The smallest absolute Gasteiger partial charge is 0.273 e. The van der Waals surface area contributed by atoms with Gasteiger partial charge in [0.05, 0.1) is 18.4 Å². The van der Waals surface area contributed by atoms with Gasteiger partial charge in [-0.25, -0.2) is 5.43 Å². The van der Waals surface area contributed by atoms with Crippen molar-refractivity contribution in [1.82, 2.24) is 5.43 Å². The molecule has 0 aliphatic carbocycles.